The average molecular weight is 256 g/mol. The quantitative estimate of drug-likeness (QED) is 0.827. The first-order chi connectivity index (χ1) is 9.28. The first-order valence-electron chi connectivity index (χ1n) is 6.60. The topological polar surface area (TPSA) is 63.8 Å². The van der Waals surface area contributed by atoms with Gasteiger partial charge in [-0.05, 0) is 54.8 Å². The number of pyridine rings is 2. The fourth-order valence-corrected chi connectivity index (χ4v) is 2.21. The van der Waals surface area contributed by atoms with Gasteiger partial charge in [0, 0.05) is 24.6 Å². The average Bonchev–Trinajstić information content (AvgIpc) is 2.40. The summed E-state index contributed by atoms with van der Waals surface area (Å²) in [4.78, 5) is 8.08. The number of anilines is 1. The largest absolute Gasteiger partial charge is 0.384 e. The van der Waals surface area contributed by atoms with Crippen LogP contribution in [0.4, 0.5) is 5.82 Å². The Morgan fingerprint density at radius 3 is 2.47 bits per heavy atom. The minimum Gasteiger partial charge on any atom is -0.384 e. The molecule has 4 heteroatoms. The number of rotatable bonds is 6. The first kappa shape index (κ1) is 13.5. The van der Waals surface area contributed by atoms with Crippen molar-refractivity contribution in [3.05, 3.63) is 54.0 Å². The molecule has 2 rings (SSSR count). The molecule has 1 unspecified atom stereocenters. The molecule has 100 valence electrons. The minimum atomic E-state index is 0.397. The number of hydrogen-bond acceptors (Lipinski definition) is 4. The van der Waals surface area contributed by atoms with E-state index in [2.05, 4.69) is 34.3 Å². The van der Waals surface area contributed by atoms with Gasteiger partial charge in [-0.15, -0.1) is 0 Å². The molecule has 0 bridgehead atoms. The lowest BCUT2D eigenvalue weighted by molar-refractivity contribution is 0.521. The maximum Gasteiger partial charge on any atom is 0.123 e. The molecule has 0 aliphatic heterocycles. The lowest BCUT2D eigenvalue weighted by atomic mass is 10.00. The summed E-state index contributed by atoms with van der Waals surface area (Å²) < 4.78 is 0. The third kappa shape index (κ3) is 4.34. The second-order valence-corrected chi connectivity index (χ2v) is 4.61. The summed E-state index contributed by atoms with van der Waals surface area (Å²) in [7, 11) is 0. The summed E-state index contributed by atoms with van der Waals surface area (Å²) in [6.45, 7) is 3.08. The number of nitrogen functional groups attached to an aromatic ring is 1. The lowest BCUT2D eigenvalue weighted by Crippen LogP contribution is -2.33. The summed E-state index contributed by atoms with van der Waals surface area (Å²) in [5, 5.41) is 3.52. The van der Waals surface area contributed by atoms with E-state index in [0.717, 1.165) is 19.4 Å². The molecule has 4 nitrogen and oxygen atoms in total. The third-order valence-electron chi connectivity index (χ3n) is 3.05. The molecule has 2 aromatic rings. The van der Waals surface area contributed by atoms with Crippen LogP contribution in [0.3, 0.4) is 0 Å². The fraction of sp³-hybridized carbons (Fsp3) is 0.333. The van der Waals surface area contributed by atoms with Gasteiger partial charge in [0.25, 0.3) is 0 Å². The van der Waals surface area contributed by atoms with Crippen LogP contribution in [-0.2, 0) is 12.8 Å². The molecule has 3 N–H and O–H groups in total. The van der Waals surface area contributed by atoms with Crippen LogP contribution >= 0.6 is 0 Å². The molecule has 0 fully saturated rings. The summed E-state index contributed by atoms with van der Waals surface area (Å²) in [5.74, 6) is 0.580. The van der Waals surface area contributed by atoms with Crippen LogP contribution in [0.1, 0.15) is 18.1 Å². The highest BCUT2D eigenvalue weighted by atomic mass is 14.9. The Morgan fingerprint density at radius 1 is 1.11 bits per heavy atom. The van der Waals surface area contributed by atoms with Crippen LogP contribution in [0, 0.1) is 0 Å². The molecule has 0 amide bonds. The van der Waals surface area contributed by atoms with E-state index in [1.165, 1.54) is 11.1 Å². The van der Waals surface area contributed by atoms with E-state index in [0.29, 0.717) is 11.9 Å². The molecule has 0 aliphatic rings. The Hall–Kier alpha value is -1.94. The Balaban J connectivity index is 2.04. The maximum absolute atomic E-state index is 5.72. The second-order valence-electron chi connectivity index (χ2n) is 4.61. The monoisotopic (exact) mass is 256 g/mol. The van der Waals surface area contributed by atoms with Crippen molar-refractivity contribution in [2.24, 2.45) is 0 Å². The van der Waals surface area contributed by atoms with Crippen molar-refractivity contribution in [3.63, 3.8) is 0 Å². The zero-order valence-electron chi connectivity index (χ0n) is 11.2. The molecule has 2 heterocycles. The predicted octanol–water partition coefficient (Wildman–Crippen LogP) is 1.82. The first-order valence-corrected chi connectivity index (χ1v) is 6.60. The minimum absolute atomic E-state index is 0.397. The van der Waals surface area contributed by atoms with Crippen LogP contribution in [0.25, 0.3) is 0 Å². The van der Waals surface area contributed by atoms with Gasteiger partial charge >= 0.3 is 0 Å². The number of nitrogens with two attached hydrogens (primary N) is 1. The van der Waals surface area contributed by atoms with Gasteiger partial charge in [-0.1, -0.05) is 6.92 Å². The molecule has 0 aromatic carbocycles. The van der Waals surface area contributed by atoms with Crippen LogP contribution < -0.4 is 11.1 Å². The second kappa shape index (κ2) is 6.85. The summed E-state index contributed by atoms with van der Waals surface area (Å²) in [6, 6.07) is 8.48. The maximum atomic E-state index is 5.72. The summed E-state index contributed by atoms with van der Waals surface area (Å²) >= 11 is 0. The molecule has 0 saturated carbocycles. The highest BCUT2D eigenvalue weighted by molar-refractivity contribution is 5.32. The Kier molecular flexibility index (Phi) is 4.86. The van der Waals surface area contributed by atoms with Gasteiger partial charge in [0.1, 0.15) is 5.82 Å². The van der Waals surface area contributed by atoms with Crippen molar-refractivity contribution in [1.29, 1.82) is 0 Å². The lowest BCUT2D eigenvalue weighted by Gasteiger charge is -2.18. The summed E-state index contributed by atoms with van der Waals surface area (Å²) in [6.07, 6.45) is 7.37. The van der Waals surface area contributed by atoms with Crippen molar-refractivity contribution in [3.8, 4) is 0 Å². The van der Waals surface area contributed by atoms with Crippen molar-refractivity contribution < 1.29 is 0 Å². The van der Waals surface area contributed by atoms with Crippen molar-refractivity contribution in [2.45, 2.75) is 25.8 Å². The van der Waals surface area contributed by atoms with Crippen LogP contribution in [0.5, 0.6) is 0 Å². The van der Waals surface area contributed by atoms with Gasteiger partial charge < -0.3 is 11.1 Å². The number of hydrogen-bond donors (Lipinski definition) is 2. The molecule has 1 atom stereocenters. The molecular weight excluding hydrogens is 236 g/mol. The molecule has 2 aromatic heterocycles. The molecule has 0 spiro atoms. The van der Waals surface area contributed by atoms with Crippen molar-refractivity contribution in [2.75, 3.05) is 12.3 Å². The van der Waals surface area contributed by atoms with E-state index >= 15 is 0 Å². The molecule has 19 heavy (non-hydrogen) atoms. The predicted molar refractivity (Wildman–Crippen MR) is 77.8 cm³/mol. The van der Waals surface area contributed by atoms with Crippen molar-refractivity contribution >= 4 is 5.82 Å². The van der Waals surface area contributed by atoms with Gasteiger partial charge in [-0.2, -0.15) is 0 Å². The van der Waals surface area contributed by atoms with Gasteiger partial charge in [0.2, 0.25) is 0 Å². The molecular formula is C15H20N4. The van der Waals surface area contributed by atoms with E-state index in [4.69, 9.17) is 5.73 Å². The van der Waals surface area contributed by atoms with E-state index in [1.54, 1.807) is 6.20 Å². The highest BCUT2D eigenvalue weighted by Crippen LogP contribution is 2.10. The zero-order chi connectivity index (χ0) is 13.5. The van der Waals surface area contributed by atoms with E-state index in [9.17, 15) is 0 Å². The van der Waals surface area contributed by atoms with Gasteiger partial charge in [0.15, 0.2) is 0 Å². The molecule has 0 aliphatic carbocycles. The number of nitrogens with one attached hydrogen (secondary N) is 1. The molecule has 0 saturated heterocycles. The standard InChI is InChI=1S/C15H20N4/c1-2-18-14(9-12-3-6-17-7-4-12)10-13-5-8-19-15(16)11-13/h3-8,11,14,18H,2,9-10H2,1H3,(H2,16,19). The van der Waals surface area contributed by atoms with E-state index < -0.39 is 0 Å². The Bertz CT molecular complexity index is 499. The zero-order valence-corrected chi connectivity index (χ0v) is 11.2. The van der Waals surface area contributed by atoms with E-state index in [-0.39, 0.29) is 0 Å². The van der Waals surface area contributed by atoms with Crippen LogP contribution in [0.15, 0.2) is 42.9 Å². The molecule has 0 radical (unpaired) electrons. The number of likely N-dealkylation sites (N-methyl/N-ethyl adjacent to an activating group) is 1. The Labute approximate surface area is 114 Å². The van der Waals surface area contributed by atoms with Gasteiger partial charge in [0.05, 0.1) is 0 Å². The van der Waals surface area contributed by atoms with Gasteiger partial charge in [-0.3, -0.25) is 4.98 Å². The fourth-order valence-electron chi connectivity index (χ4n) is 2.21. The number of nitrogens with zero attached hydrogens (tertiary/aromatic N) is 2. The summed E-state index contributed by atoms with van der Waals surface area (Å²) in [5.41, 5.74) is 8.23. The van der Waals surface area contributed by atoms with Crippen molar-refractivity contribution in [1.82, 2.24) is 15.3 Å². The smallest absolute Gasteiger partial charge is 0.123 e. The van der Waals surface area contributed by atoms with Gasteiger partial charge in [-0.25, -0.2) is 4.98 Å². The number of aromatic nitrogens is 2. The highest BCUT2D eigenvalue weighted by Gasteiger charge is 2.09. The van der Waals surface area contributed by atoms with E-state index in [1.807, 2.05) is 24.5 Å². The van der Waals surface area contributed by atoms with Crippen LogP contribution in [-0.4, -0.2) is 22.6 Å². The Morgan fingerprint density at radius 2 is 1.79 bits per heavy atom. The normalized spacial score (nSPS) is 12.3. The SMILES string of the molecule is CCNC(Cc1ccncc1)Cc1ccnc(N)c1. The third-order valence-corrected chi connectivity index (χ3v) is 3.05. The van der Waals surface area contributed by atoms with Crippen LogP contribution in [0.2, 0.25) is 0 Å².